The number of fused-ring (bicyclic) bond motifs is 2. The van der Waals surface area contributed by atoms with E-state index in [1.165, 1.54) is 11.9 Å². The molecule has 1 aromatic carbocycles. The van der Waals surface area contributed by atoms with E-state index in [4.69, 9.17) is 0 Å². The summed E-state index contributed by atoms with van der Waals surface area (Å²) in [7, 11) is 1.26. The molecule has 4 aliphatic rings. The molecule has 9 nitrogen and oxygen atoms in total. The molecule has 2 heterocycles. The van der Waals surface area contributed by atoms with Crippen LogP contribution in [0, 0.1) is 29.1 Å². The van der Waals surface area contributed by atoms with E-state index in [1.807, 2.05) is 17.4 Å². The fourth-order valence-electron chi connectivity index (χ4n) is 6.48. The maximum atomic E-state index is 14.5. The fraction of sp³-hybridized carbons (Fsp3) is 0.607. The summed E-state index contributed by atoms with van der Waals surface area (Å²) in [6, 6.07) is 8.32. The van der Waals surface area contributed by atoms with Gasteiger partial charge in [0.15, 0.2) is 0 Å². The van der Waals surface area contributed by atoms with Crippen LogP contribution in [0.5, 0.6) is 0 Å². The van der Waals surface area contributed by atoms with E-state index < -0.39 is 46.8 Å². The molecule has 12 heteroatoms. The van der Waals surface area contributed by atoms with Crippen molar-refractivity contribution in [3.8, 4) is 6.07 Å². The van der Waals surface area contributed by atoms with Gasteiger partial charge in [0.1, 0.15) is 11.6 Å². The highest BCUT2D eigenvalue weighted by molar-refractivity contribution is 5.99. The van der Waals surface area contributed by atoms with Crippen molar-refractivity contribution < 1.29 is 32.3 Å². The second-order valence-electron chi connectivity index (χ2n) is 11.6. The summed E-state index contributed by atoms with van der Waals surface area (Å²) in [5.41, 5.74) is -1.82. The molecule has 40 heavy (non-hydrogen) atoms. The smallest absolute Gasteiger partial charge is 0.357 e. The van der Waals surface area contributed by atoms with Gasteiger partial charge in [-0.15, -0.1) is 0 Å². The average Bonchev–Trinajstić information content (AvgIpc) is 3.87. The monoisotopic (exact) mass is 559 g/mol. The lowest BCUT2D eigenvalue weighted by Crippen LogP contribution is -2.67. The molecule has 4 amide bonds. The Bertz CT molecular complexity index is 1270. The van der Waals surface area contributed by atoms with Crippen LogP contribution in [-0.2, 0) is 31.1 Å². The van der Waals surface area contributed by atoms with E-state index in [0.717, 1.165) is 18.4 Å². The van der Waals surface area contributed by atoms with Gasteiger partial charge >= 0.3 is 12.1 Å². The molecular weight excluding hydrogens is 527 g/mol. The van der Waals surface area contributed by atoms with Gasteiger partial charge in [-0.1, -0.05) is 49.9 Å². The van der Waals surface area contributed by atoms with Crippen LogP contribution in [0.15, 0.2) is 24.3 Å². The van der Waals surface area contributed by atoms with Gasteiger partial charge < -0.3 is 20.9 Å². The number of rotatable bonds is 8. The summed E-state index contributed by atoms with van der Waals surface area (Å²) in [5, 5.41) is 17.3. The molecule has 4 atom stereocenters. The normalized spacial score (nSPS) is 26.2. The van der Waals surface area contributed by atoms with Crippen LogP contribution >= 0.6 is 0 Å². The molecule has 5 rings (SSSR count). The molecule has 1 saturated heterocycles. The lowest BCUT2D eigenvalue weighted by atomic mass is 9.73. The summed E-state index contributed by atoms with van der Waals surface area (Å²) in [6.07, 6.45) is -2.49. The third-order valence-electron chi connectivity index (χ3n) is 8.89. The van der Waals surface area contributed by atoms with E-state index in [1.54, 1.807) is 12.1 Å². The van der Waals surface area contributed by atoms with Crippen LogP contribution < -0.4 is 16.0 Å². The van der Waals surface area contributed by atoms with Gasteiger partial charge in [0.05, 0.1) is 17.4 Å². The Morgan fingerprint density at radius 3 is 2.42 bits per heavy atom. The molecule has 3 fully saturated rings. The third kappa shape index (κ3) is 4.90. The summed E-state index contributed by atoms with van der Waals surface area (Å²) in [4.78, 5) is 54.9. The average molecular weight is 560 g/mol. The number of nitrogens with one attached hydrogen (secondary N) is 3. The largest absolute Gasteiger partial charge is 0.471 e. The van der Waals surface area contributed by atoms with E-state index in [2.05, 4.69) is 16.7 Å². The molecule has 1 unspecified atom stereocenters. The van der Waals surface area contributed by atoms with Crippen molar-refractivity contribution >= 4 is 23.6 Å². The lowest BCUT2D eigenvalue weighted by molar-refractivity contribution is -0.178. The van der Waals surface area contributed by atoms with Gasteiger partial charge in [-0.25, -0.2) is 0 Å². The molecule has 0 radical (unpaired) electrons. The Hall–Kier alpha value is -3.62. The zero-order valence-electron chi connectivity index (χ0n) is 22.1. The lowest BCUT2D eigenvalue weighted by Gasteiger charge is -2.42. The maximum absolute atomic E-state index is 14.5. The highest BCUT2D eigenvalue weighted by atomic mass is 19.4. The van der Waals surface area contributed by atoms with Crippen LogP contribution in [0.4, 0.5) is 13.2 Å². The van der Waals surface area contributed by atoms with E-state index in [-0.39, 0.29) is 43.6 Å². The van der Waals surface area contributed by atoms with Crippen molar-refractivity contribution in [3.63, 3.8) is 0 Å². The van der Waals surface area contributed by atoms with Gasteiger partial charge in [-0.05, 0) is 35.8 Å². The molecule has 2 saturated carbocycles. The number of hydrogen-bond acceptors (Lipinski definition) is 5. The van der Waals surface area contributed by atoms with Crippen molar-refractivity contribution in [2.24, 2.45) is 17.8 Å². The predicted molar refractivity (Wildman–Crippen MR) is 135 cm³/mol. The molecule has 1 aromatic rings. The van der Waals surface area contributed by atoms with Crippen LogP contribution in [0.2, 0.25) is 0 Å². The summed E-state index contributed by atoms with van der Waals surface area (Å²) >= 11 is 0. The highest BCUT2D eigenvalue weighted by Crippen LogP contribution is 2.48. The van der Waals surface area contributed by atoms with E-state index >= 15 is 0 Å². The van der Waals surface area contributed by atoms with Crippen molar-refractivity contribution in [2.45, 2.75) is 74.7 Å². The number of hydrogen-bond donors (Lipinski definition) is 3. The van der Waals surface area contributed by atoms with Gasteiger partial charge in [0.2, 0.25) is 17.7 Å². The van der Waals surface area contributed by atoms with Crippen LogP contribution in [0.1, 0.15) is 56.1 Å². The van der Waals surface area contributed by atoms with Crippen molar-refractivity contribution in [3.05, 3.63) is 35.4 Å². The van der Waals surface area contributed by atoms with Crippen LogP contribution in [0.3, 0.4) is 0 Å². The van der Waals surface area contributed by atoms with Gasteiger partial charge in [0, 0.05) is 26.6 Å². The number of likely N-dealkylation sites (N-methyl/N-ethyl adjacent to an activating group) is 1. The number of alkyl halides is 3. The topological polar surface area (TPSA) is 131 Å². The van der Waals surface area contributed by atoms with Crippen molar-refractivity contribution in [1.82, 2.24) is 20.9 Å². The molecule has 214 valence electrons. The Kier molecular flexibility index (Phi) is 7.04. The third-order valence-corrected chi connectivity index (χ3v) is 8.89. The zero-order chi connectivity index (χ0) is 28.9. The molecule has 0 bridgehead atoms. The quantitative estimate of drug-likeness (QED) is 0.449. The molecular formula is C28H32F3N5O4. The minimum Gasteiger partial charge on any atom is -0.357 e. The first-order valence-corrected chi connectivity index (χ1v) is 13.6. The first kappa shape index (κ1) is 27.9. The number of halogens is 3. The minimum atomic E-state index is -5.27. The summed E-state index contributed by atoms with van der Waals surface area (Å²) < 4.78 is 40.7. The first-order chi connectivity index (χ1) is 18.9. The van der Waals surface area contributed by atoms with Crippen LogP contribution in [0.25, 0.3) is 0 Å². The Morgan fingerprint density at radius 1 is 1.15 bits per heavy atom. The van der Waals surface area contributed by atoms with Gasteiger partial charge in [0.25, 0.3) is 0 Å². The van der Waals surface area contributed by atoms with Crippen LogP contribution in [-0.4, -0.2) is 59.9 Å². The molecule has 2 aliphatic carbocycles. The van der Waals surface area contributed by atoms with Crippen molar-refractivity contribution in [2.75, 3.05) is 13.6 Å². The number of likely N-dealkylation sites (tertiary alicyclic amines) is 1. The first-order valence-electron chi connectivity index (χ1n) is 13.6. The Labute approximate surface area is 229 Å². The number of carbonyl (C=O) groups is 4. The van der Waals surface area contributed by atoms with E-state index in [0.29, 0.717) is 24.9 Å². The van der Waals surface area contributed by atoms with Gasteiger partial charge in [-0.3, -0.25) is 19.2 Å². The molecule has 0 aromatic heterocycles. The second kappa shape index (κ2) is 10.1. The highest BCUT2D eigenvalue weighted by Gasteiger charge is 2.60. The van der Waals surface area contributed by atoms with Crippen molar-refractivity contribution in [1.29, 1.82) is 5.26 Å². The van der Waals surface area contributed by atoms with E-state index in [9.17, 15) is 37.6 Å². The number of nitrogens with zero attached hydrogens (tertiary/aromatic N) is 2. The molecule has 2 aliphatic heterocycles. The Balaban J connectivity index is 1.57. The number of amides is 4. The SMILES string of the molecule is CNC(=O)C(CC1CC1)(NC(=O)C(F)(F)F)[C@H](CC1CC1)C(=O)N1C[C@@]2(C[C@@H]1C#N)C(=O)NCc1ccccc12. The Morgan fingerprint density at radius 2 is 1.82 bits per heavy atom. The molecule has 1 spiro atoms. The minimum absolute atomic E-state index is 0.00391. The zero-order valence-corrected chi connectivity index (χ0v) is 22.1. The van der Waals surface area contributed by atoms with Gasteiger partial charge in [-0.2, -0.15) is 18.4 Å². The number of carbonyl (C=O) groups excluding carboxylic acids is 4. The fourth-order valence-corrected chi connectivity index (χ4v) is 6.48. The summed E-state index contributed by atoms with van der Waals surface area (Å²) in [6.45, 7) is 0.144. The number of benzene rings is 1. The summed E-state index contributed by atoms with van der Waals surface area (Å²) in [5.74, 6) is -5.68. The maximum Gasteiger partial charge on any atom is 0.471 e. The predicted octanol–water partition coefficient (Wildman–Crippen LogP) is 2.06. The standard InChI is InChI=1S/C28H32F3N5O4/c1-33-24(39)27(11-17-8-9-17,35-25(40)28(29,30)31)21(10-16-6-7-16)22(37)36-15-26(12-19(36)13-32)20-5-3-2-4-18(20)14-34-23(26)38/h2-5,16-17,19,21H,6-12,14-15H2,1H3,(H,33,39)(H,34,38)(H,35,40)/t19-,21-,26-,27?/m1/s1. The molecule has 3 N–H and O–H groups in total. The number of nitriles is 1. The second-order valence-corrected chi connectivity index (χ2v) is 11.6.